The summed E-state index contributed by atoms with van der Waals surface area (Å²) in [5.41, 5.74) is 1.76. The van der Waals surface area contributed by atoms with E-state index in [0.29, 0.717) is 29.5 Å². The lowest BCUT2D eigenvalue weighted by atomic mass is 9.93. The first-order valence-corrected chi connectivity index (χ1v) is 9.00. The van der Waals surface area contributed by atoms with Gasteiger partial charge in [0.25, 0.3) is 5.91 Å². The van der Waals surface area contributed by atoms with E-state index >= 15 is 0 Å². The Hall–Kier alpha value is -3.15. The molecule has 2 heterocycles. The minimum atomic E-state index is -1.08. The Kier molecular flexibility index (Phi) is 5.54. The normalized spacial score (nSPS) is 18.0. The molecule has 0 fully saturated rings. The van der Waals surface area contributed by atoms with Gasteiger partial charge in [0.2, 0.25) is 0 Å². The molecule has 1 aliphatic heterocycles. The number of pyridine rings is 1. The fourth-order valence-electron chi connectivity index (χ4n) is 3.50. The molecule has 1 aliphatic rings. The van der Waals surface area contributed by atoms with Crippen molar-refractivity contribution < 1.29 is 19.8 Å². The minimum absolute atomic E-state index is 0.323. The van der Waals surface area contributed by atoms with Crippen molar-refractivity contribution in [3.8, 4) is 0 Å². The standard InChI is InChI=1S/C21H22N2O4/c1-2-3-11-16(21(26)27)23-18(15-10-7-12-22-13-15)17(19(24)20(23)25)14-8-5-4-6-9-14/h4-10,12-13,16,18,24H,2-3,11H2,1H3,(H,26,27). The molecule has 6 heteroatoms. The molecule has 2 aromatic rings. The number of hydrogen-bond donors (Lipinski definition) is 2. The van der Waals surface area contributed by atoms with Crippen molar-refractivity contribution in [3.63, 3.8) is 0 Å². The summed E-state index contributed by atoms with van der Waals surface area (Å²) >= 11 is 0. The molecule has 3 rings (SSSR count). The fraction of sp³-hybridized carbons (Fsp3) is 0.286. The summed E-state index contributed by atoms with van der Waals surface area (Å²) in [5.74, 6) is -2.14. The van der Waals surface area contributed by atoms with Crippen LogP contribution in [0.4, 0.5) is 0 Å². The van der Waals surface area contributed by atoms with E-state index < -0.39 is 29.7 Å². The molecule has 2 unspecified atom stereocenters. The lowest BCUT2D eigenvalue weighted by molar-refractivity contribution is -0.150. The molecule has 0 aliphatic carbocycles. The van der Waals surface area contributed by atoms with Crippen molar-refractivity contribution in [1.82, 2.24) is 9.88 Å². The van der Waals surface area contributed by atoms with Gasteiger partial charge in [-0.05, 0) is 23.6 Å². The van der Waals surface area contributed by atoms with Gasteiger partial charge in [0.05, 0.1) is 6.04 Å². The molecule has 0 radical (unpaired) electrons. The second-order valence-electron chi connectivity index (χ2n) is 6.53. The van der Waals surface area contributed by atoms with Crippen molar-refractivity contribution in [2.24, 2.45) is 0 Å². The number of amides is 1. The predicted molar refractivity (Wildman–Crippen MR) is 101 cm³/mol. The van der Waals surface area contributed by atoms with Gasteiger partial charge in [0.1, 0.15) is 6.04 Å². The van der Waals surface area contributed by atoms with Crippen molar-refractivity contribution in [2.45, 2.75) is 38.3 Å². The summed E-state index contributed by atoms with van der Waals surface area (Å²) in [6.07, 6.45) is 5.02. The summed E-state index contributed by atoms with van der Waals surface area (Å²) in [4.78, 5) is 30.3. The molecule has 1 amide bonds. The average molecular weight is 366 g/mol. The summed E-state index contributed by atoms with van der Waals surface area (Å²) in [6.45, 7) is 1.97. The Morgan fingerprint density at radius 3 is 2.56 bits per heavy atom. The van der Waals surface area contributed by atoms with Gasteiger partial charge in [-0.2, -0.15) is 0 Å². The Balaban J connectivity index is 2.14. The number of unbranched alkanes of at least 4 members (excludes halogenated alkanes) is 1. The van der Waals surface area contributed by atoms with E-state index in [9.17, 15) is 19.8 Å². The van der Waals surface area contributed by atoms with Crippen LogP contribution in [0.25, 0.3) is 5.57 Å². The predicted octanol–water partition coefficient (Wildman–Crippen LogP) is 3.58. The number of benzene rings is 1. The van der Waals surface area contributed by atoms with Gasteiger partial charge in [-0.25, -0.2) is 4.79 Å². The van der Waals surface area contributed by atoms with E-state index in [1.165, 1.54) is 4.90 Å². The van der Waals surface area contributed by atoms with E-state index in [-0.39, 0.29) is 0 Å². The van der Waals surface area contributed by atoms with E-state index in [4.69, 9.17) is 0 Å². The SMILES string of the molecule is CCCCC(C(=O)O)N1C(=O)C(O)=C(c2ccccc2)C1c1cccnc1. The highest BCUT2D eigenvalue weighted by Crippen LogP contribution is 2.44. The van der Waals surface area contributed by atoms with Crippen LogP contribution in [-0.4, -0.2) is 38.0 Å². The number of aliphatic hydroxyl groups excluding tert-OH is 1. The van der Waals surface area contributed by atoms with Crippen molar-refractivity contribution in [1.29, 1.82) is 0 Å². The summed E-state index contributed by atoms with van der Waals surface area (Å²) < 4.78 is 0. The number of aliphatic hydroxyl groups is 1. The first-order valence-electron chi connectivity index (χ1n) is 9.00. The maximum absolute atomic E-state index is 12.9. The number of carbonyl (C=O) groups is 2. The van der Waals surface area contributed by atoms with Gasteiger partial charge < -0.3 is 15.1 Å². The zero-order valence-corrected chi connectivity index (χ0v) is 15.1. The van der Waals surface area contributed by atoms with Crippen LogP contribution in [0.3, 0.4) is 0 Å². The summed E-state index contributed by atoms with van der Waals surface area (Å²) in [6, 6.07) is 10.9. The number of hydrogen-bond acceptors (Lipinski definition) is 4. The Morgan fingerprint density at radius 1 is 1.22 bits per heavy atom. The third-order valence-electron chi connectivity index (χ3n) is 4.78. The molecule has 1 aromatic heterocycles. The smallest absolute Gasteiger partial charge is 0.326 e. The summed E-state index contributed by atoms with van der Waals surface area (Å²) in [5, 5.41) is 20.4. The van der Waals surface area contributed by atoms with Crippen LogP contribution in [0.1, 0.15) is 43.4 Å². The highest BCUT2D eigenvalue weighted by molar-refractivity contribution is 6.06. The van der Waals surface area contributed by atoms with Gasteiger partial charge in [-0.1, -0.05) is 56.2 Å². The molecule has 6 nitrogen and oxygen atoms in total. The largest absolute Gasteiger partial charge is 0.503 e. The Labute approximate surface area is 157 Å². The third-order valence-corrected chi connectivity index (χ3v) is 4.78. The Bertz CT molecular complexity index is 849. The number of aliphatic carboxylic acids is 1. The van der Waals surface area contributed by atoms with Crippen molar-refractivity contribution in [3.05, 3.63) is 71.7 Å². The maximum atomic E-state index is 12.9. The molecule has 2 atom stereocenters. The zero-order valence-electron chi connectivity index (χ0n) is 15.1. The van der Waals surface area contributed by atoms with Crippen LogP contribution >= 0.6 is 0 Å². The molecule has 0 saturated heterocycles. The molecule has 0 saturated carbocycles. The third kappa shape index (κ3) is 3.56. The van der Waals surface area contributed by atoms with Crippen LogP contribution in [0.15, 0.2) is 60.6 Å². The van der Waals surface area contributed by atoms with Crippen LogP contribution in [0, 0.1) is 0 Å². The highest BCUT2D eigenvalue weighted by atomic mass is 16.4. The number of carboxylic acid groups (broad SMARTS) is 1. The molecule has 1 aromatic carbocycles. The van der Waals surface area contributed by atoms with Crippen LogP contribution in [0.5, 0.6) is 0 Å². The molecule has 27 heavy (non-hydrogen) atoms. The Morgan fingerprint density at radius 2 is 1.96 bits per heavy atom. The fourth-order valence-corrected chi connectivity index (χ4v) is 3.50. The first kappa shape index (κ1) is 18.6. The zero-order chi connectivity index (χ0) is 19.4. The lowest BCUT2D eigenvalue weighted by Gasteiger charge is -2.32. The number of rotatable bonds is 7. The quantitative estimate of drug-likeness (QED) is 0.782. The minimum Gasteiger partial charge on any atom is -0.503 e. The molecular weight excluding hydrogens is 344 g/mol. The second-order valence-corrected chi connectivity index (χ2v) is 6.53. The monoisotopic (exact) mass is 366 g/mol. The van der Waals surface area contributed by atoms with Gasteiger partial charge in [0, 0.05) is 18.0 Å². The molecule has 0 bridgehead atoms. The van der Waals surface area contributed by atoms with Gasteiger partial charge in [0.15, 0.2) is 5.76 Å². The topological polar surface area (TPSA) is 90.7 Å². The number of nitrogens with zero attached hydrogens (tertiary/aromatic N) is 2. The van der Waals surface area contributed by atoms with Crippen LogP contribution < -0.4 is 0 Å². The second kappa shape index (κ2) is 8.03. The van der Waals surface area contributed by atoms with E-state index in [0.717, 1.165) is 6.42 Å². The van der Waals surface area contributed by atoms with Crippen molar-refractivity contribution >= 4 is 17.4 Å². The first-order chi connectivity index (χ1) is 13.1. The number of carbonyl (C=O) groups excluding carboxylic acids is 1. The molecule has 140 valence electrons. The average Bonchev–Trinajstić information content (AvgIpc) is 2.95. The van der Waals surface area contributed by atoms with E-state index in [1.54, 1.807) is 36.7 Å². The van der Waals surface area contributed by atoms with Gasteiger partial charge in [-0.15, -0.1) is 0 Å². The van der Waals surface area contributed by atoms with E-state index in [1.807, 2.05) is 25.1 Å². The van der Waals surface area contributed by atoms with Crippen LogP contribution in [0.2, 0.25) is 0 Å². The number of carboxylic acids is 1. The maximum Gasteiger partial charge on any atom is 0.326 e. The van der Waals surface area contributed by atoms with Crippen molar-refractivity contribution in [2.75, 3.05) is 0 Å². The molecule has 0 spiro atoms. The van der Waals surface area contributed by atoms with Gasteiger partial charge >= 0.3 is 5.97 Å². The lowest BCUT2D eigenvalue weighted by Crippen LogP contribution is -2.44. The highest BCUT2D eigenvalue weighted by Gasteiger charge is 2.46. The van der Waals surface area contributed by atoms with E-state index in [2.05, 4.69) is 4.98 Å². The van der Waals surface area contributed by atoms with Gasteiger partial charge in [-0.3, -0.25) is 9.78 Å². The summed E-state index contributed by atoms with van der Waals surface area (Å²) in [7, 11) is 0. The molecular formula is C21H22N2O4. The van der Waals surface area contributed by atoms with Crippen LogP contribution in [-0.2, 0) is 9.59 Å². The molecule has 2 N–H and O–H groups in total. The number of aromatic nitrogens is 1.